The molecule has 0 amide bonds. The smallest absolute Gasteiger partial charge is 0.191 e. The van der Waals surface area contributed by atoms with Gasteiger partial charge in [-0.3, -0.25) is 0 Å². The molecule has 0 bridgehead atoms. The zero-order valence-corrected chi connectivity index (χ0v) is 10.8. The van der Waals surface area contributed by atoms with E-state index in [1.54, 1.807) is 13.8 Å². The molecule has 0 aliphatic carbocycles. The van der Waals surface area contributed by atoms with Crippen LogP contribution in [0.3, 0.4) is 0 Å². The van der Waals surface area contributed by atoms with E-state index < -0.39 is 29.9 Å². The van der Waals surface area contributed by atoms with E-state index in [2.05, 4.69) is 17.0 Å². The van der Waals surface area contributed by atoms with Crippen molar-refractivity contribution in [2.24, 2.45) is 5.18 Å². The second-order valence-corrected chi connectivity index (χ2v) is 4.79. The zero-order valence-electron chi connectivity index (χ0n) is 10.8. The fraction of sp³-hybridized carbons (Fsp3) is 0.692. The van der Waals surface area contributed by atoms with Gasteiger partial charge in [0.1, 0.15) is 19.3 Å². The number of hydrogen-bond donors (Lipinski definition) is 0. The Balaban J connectivity index is 2.30. The van der Waals surface area contributed by atoms with E-state index in [9.17, 15) is 4.91 Å². The van der Waals surface area contributed by atoms with Gasteiger partial charge in [0.15, 0.2) is 23.8 Å². The van der Waals surface area contributed by atoms with Crippen LogP contribution in [0, 0.1) is 29.6 Å². The third kappa shape index (κ3) is 2.24. The maximum atomic E-state index is 10.5. The molecule has 6 nitrogen and oxygen atoms in total. The van der Waals surface area contributed by atoms with E-state index in [1.807, 2.05) is 0 Å². The number of hydrogen-bond acceptors (Lipinski definition) is 6. The Morgan fingerprint density at radius 3 is 2.68 bits per heavy atom. The lowest BCUT2D eigenvalue weighted by molar-refractivity contribution is -0.224. The molecule has 6 heteroatoms. The molecule has 2 rings (SSSR count). The van der Waals surface area contributed by atoms with Crippen LogP contribution < -0.4 is 0 Å². The van der Waals surface area contributed by atoms with Gasteiger partial charge in [0.05, 0.1) is 0 Å². The van der Waals surface area contributed by atoms with Crippen molar-refractivity contribution in [3.05, 3.63) is 4.91 Å². The number of terminal acetylenes is 2. The van der Waals surface area contributed by atoms with E-state index in [-0.39, 0.29) is 13.2 Å². The first-order chi connectivity index (χ1) is 8.99. The Morgan fingerprint density at radius 2 is 2.11 bits per heavy atom. The van der Waals surface area contributed by atoms with Gasteiger partial charge < -0.3 is 18.9 Å². The Kier molecular flexibility index (Phi) is 3.62. The largest absolute Gasteiger partial charge is 0.344 e. The number of nitrogens with zero attached hydrogens (tertiary/aromatic N) is 1. The first kappa shape index (κ1) is 14.0. The molecule has 2 fully saturated rings. The van der Waals surface area contributed by atoms with Crippen LogP contribution in [0.5, 0.6) is 0 Å². The van der Waals surface area contributed by atoms with E-state index in [0.717, 1.165) is 0 Å². The fourth-order valence-electron chi connectivity index (χ4n) is 2.36. The SMILES string of the molecule is C#CCO[C@]1(C#C)[C@@H](CN=O)O[C@@H]2OC(C)(C)O[C@@H]21. The molecule has 0 aromatic carbocycles. The topological polar surface area (TPSA) is 66.4 Å². The van der Waals surface area contributed by atoms with Gasteiger partial charge in [0.2, 0.25) is 0 Å². The van der Waals surface area contributed by atoms with Crippen molar-refractivity contribution in [3.8, 4) is 24.7 Å². The summed E-state index contributed by atoms with van der Waals surface area (Å²) in [6, 6.07) is 0. The standard InChI is InChI=1S/C13H15NO5/c1-5-7-16-13(6-2)9(8-14-15)17-11-10(13)18-12(3,4)19-11/h1-2,9-11H,7-8H2,3-4H3/t9-,10+,11-,13-/m1/s1. The van der Waals surface area contributed by atoms with Gasteiger partial charge in [-0.15, -0.1) is 12.8 Å². The highest BCUT2D eigenvalue weighted by Gasteiger charge is 2.64. The monoisotopic (exact) mass is 265 g/mol. The summed E-state index contributed by atoms with van der Waals surface area (Å²) in [4.78, 5) is 10.5. The maximum absolute atomic E-state index is 10.5. The van der Waals surface area contributed by atoms with Gasteiger partial charge >= 0.3 is 0 Å². The van der Waals surface area contributed by atoms with Crippen molar-refractivity contribution in [3.63, 3.8) is 0 Å². The van der Waals surface area contributed by atoms with Crippen LogP contribution in [0.1, 0.15) is 13.8 Å². The average Bonchev–Trinajstić information content (AvgIpc) is 2.79. The predicted octanol–water partition coefficient (Wildman–Crippen LogP) is 0.651. The van der Waals surface area contributed by atoms with Gasteiger partial charge in [-0.2, -0.15) is 4.91 Å². The summed E-state index contributed by atoms with van der Waals surface area (Å²) in [5.74, 6) is 4.01. The summed E-state index contributed by atoms with van der Waals surface area (Å²) in [7, 11) is 0. The van der Waals surface area contributed by atoms with E-state index in [0.29, 0.717) is 0 Å². The first-order valence-corrected chi connectivity index (χ1v) is 5.84. The molecule has 0 aromatic rings. The third-order valence-electron chi connectivity index (χ3n) is 3.12. The van der Waals surface area contributed by atoms with Gasteiger partial charge in [0, 0.05) is 0 Å². The number of ether oxygens (including phenoxy) is 4. The lowest BCUT2D eigenvalue weighted by atomic mass is 9.93. The molecular weight excluding hydrogens is 250 g/mol. The highest BCUT2D eigenvalue weighted by Crippen LogP contribution is 2.44. The molecule has 19 heavy (non-hydrogen) atoms. The first-order valence-electron chi connectivity index (χ1n) is 5.84. The van der Waals surface area contributed by atoms with Crippen LogP contribution in [0.4, 0.5) is 0 Å². The highest BCUT2D eigenvalue weighted by molar-refractivity contribution is 5.23. The second-order valence-electron chi connectivity index (χ2n) is 4.79. The minimum absolute atomic E-state index is 0.0179. The summed E-state index contributed by atoms with van der Waals surface area (Å²) in [6.07, 6.45) is 8.67. The summed E-state index contributed by atoms with van der Waals surface area (Å²) < 4.78 is 22.4. The maximum Gasteiger partial charge on any atom is 0.191 e. The van der Waals surface area contributed by atoms with Gasteiger partial charge in [-0.05, 0) is 13.8 Å². The molecule has 4 atom stereocenters. The molecule has 0 unspecified atom stereocenters. The lowest BCUT2D eigenvalue weighted by Crippen LogP contribution is -2.51. The molecule has 0 spiro atoms. The van der Waals surface area contributed by atoms with Crippen LogP contribution in [0.2, 0.25) is 0 Å². The summed E-state index contributed by atoms with van der Waals surface area (Å²) >= 11 is 0. The predicted molar refractivity (Wildman–Crippen MR) is 65.7 cm³/mol. The minimum atomic E-state index is -1.27. The summed E-state index contributed by atoms with van der Waals surface area (Å²) in [5, 5.41) is 2.82. The molecule has 102 valence electrons. The molecular formula is C13H15NO5. The zero-order chi connectivity index (χ0) is 14.1. The summed E-state index contributed by atoms with van der Waals surface area (Å²) in [5.41, 5.74) is -1.27. The molecule has 0 aromatic heterocycles. The van der Waals surface area contributed by atoms with Crippen LogP contribution >= 0.6 is 0 Å². The van der Waals surface area contributed by atoms with Crippen molar-refractivity contribution in [2.75, 3.05) is 13.2 Å². The molecule has 0 radical (unpaired) electrons. The van der Waals surface area contributed by atoms with Crippen molar-refractivity contribution in [2.45, 2.75) is 43.7 Å². The van der Waals surface area contributed by atoms with E-state index in [1.165, 1.54) is 0 Å². The van der Waals surface area contributed by atoms with Crippen molar-refractivity contribution < 1.29 is 18.9 Å². The second kappa shape index (κ2) is 4.92. The lowest BCUT2D eigenvalue weighted by Gasteiger charge is -2.32. The van der Waals surface area contributed by atoms with Crippen LogP contribution in [-0.4, -0.2) is 43.0 Å². The Bertz CT molecular complexity index is 449. The Morgan fingerprint density at radius 1 is 1.37 bits per heavy atom. The van der Waals surface area contributed by atoms with Gasteiger partial charge in [-0.1, -0.05) is 17.0 Å². The number of rotatable bonds is 4. The molecule has 0 N–H and O–H groups in total. The fourth-order valence-corrected chi connectivity index (χ4v) is 2.36. The van der Waals surface area contributed by atoms with Crippen LogP contribution in [0.25, 0.3) is 0 Å². The number of fused-ring (bicyclic) bond motifs is 1. The molecule has 2 saturated heterocycles. The Hall–Kier alpha value is -1.44. The van der Waals surface area contributed by atoms with Crippen molar-refractivity contribution in [1.82, 2.24) is 0 Å². The average molecular weight is 265 g/mol. The van der Waals surface area contributed by atoms with Crippen molar-refractivity contribution >= 4 is 0 Å². The quantitative estimate of drug-likeness (QED) is 0.551. The molecule has 0 saturated carbocycles. The van der Waals surface area contributed by atoms with E-state index in [4.69, 9.17) is 31.8 Å². The summed E-state index contributed by atoms with van der Waals surface area (Å²) in [6.45, 7) is 3.30. The normalized spacial score (nSPS) is 39.3. The van der Waals surface area contributed by atoms with Crippen molar-refractivity contribution in [1.29, 1.82) is 0 Å². The molecule has 2 heterocycles. The highest BCUT2D eigenvalue weighted by atomic mass is 16.8. The van der Waals surface area contributed by atoms with Gasteiger partial charge in [0.25, 0.3) is 0 Å². The van der Waals surface area contributed by atoms with Crippen LogP contribution in [0.15, 0.2) is 5.18 Å². The minimum Gasteiger partial charge on any atom is -0.344 e. The van der Waals surface area contributed by atoms with Gasteiger partial charge in [-0.25, -0.2) is 0 Å². The molecule has 2 aliphatic heterocycles. The van der Waals surface area contributed by atoms with E-state index >= 15 is 0 Å². The number of nitroso groups, excluding NO2 is 1. The molecule has 2 aliphatic rings. The van der Waals surface area contributed by atoms with Crippen LogP contribution in [-0.2, 0) is 18.9 Å². The Labute approximate surface area is 111 Å². The third-order valence-corrected chi connectivity index (χ3v) is 3.12.